The van der Waals surface area contributed by atoms with E-state index in [4.69, 9.17) is 12.2 Å². The molecule has 3 aromatic rings. The fraction of sp³-hybridized carbons (Fsp3) is 0.429. The lowest BCUT2D eigenvalue weighted by atomic mass is 10.2. The molecule has 1 aliphatic rings. The number of pyridine rings is 1. The third-order valence-corrected chi connectivity index (χ3v) is 6.79. The molecular formula is C21H27N7OS2. The Morgan fingerprint density at radius 3 is 2.74 bits per heavy atom. The topological polar surface area (TPSA) is 82.1 Å². The largest absolute Gasteiger partial charge is 0.354 e. The Labute approximate surface area is 190 Å². The van der Waals surface area contributed by atoms with Gasteiger partial charge in [0, 0.05) is 38.9 Å². The molecule has 1 atom stereocenters. The van der Waals surface area contributed by atoms with Gasteiger partial charge >= 0.3 is 0 Å². The van der Waals surface area contributed by atoms with Gasteiger partial charge in [-0.2, -0.15) is 5.10 Å². The molecule has 1 saturated heterocycles. The van der Waals surface area contributed by atoms with Crippen molar-refractivity contribution in [3.63, 3.8) is 0 Å². The van der Waals surface area contributed by atoms with Crippen molar-refractivity contribution in [1.82, 2.24) is 30.0 Å². The van der Waals surface area contributed by atoms with Gasteiger partial charge in [0.05, 0.1) is 4.88 Å². The second kappa shape index (κ2) is 9.71. The maximum Gasteiger partial charge on any atom is 0.243 e. The third kappa shape index (κ3) is 4.86. The lowest BCUT2D eigenvalue weighted by molar-refractivity contribution is -0.124. The third-order valence-electron chi connectivity index (χ3n) is 5.63. The highest BCUT2D eigenvalue weighted by Gasteiger charge is 2.21. The molecule has 0 saturated carbocycles. The van der Waals surface area contributed by atoms with E-state index in [2.05, 4.69) is 37.2 Å². The van der Waals surface area contributed by atoms with Gasteiger partial charge in [0.25, 0.3) is 0 Å². The SMILES string of the molecule is CCN1CCN(c2ccc(CNC(=O)C(C)n3c(-c4cccs4)n[nH]c3=S)cn2)CC1. The number of nitrogens with one attached hydrogen (secondary N) is 2. The molecule has 1 aliphatic heterocycles. The second-order valence-corrected chi connectivity index (χ2v) is 8.87. The molecule has 0 aliphatic carbocycles. The molecule has 164 valence electrons. The van der Waals surface area contributed by atoms with Crippen LogP contribution in [-0.2, 0) is 11.3 Å². The summed E-state index contributed by atoms with van der Waals surface area (Å²) in [5.74, 6) is 1.55. The van der Waals surface area contributed by atoms with Gasteiger partial charge in [-0.1, -0.05) is 19.1 Å². The normalized spacial score (nSPS) is 15.7. The molecule has 4 rings (SSSR count). The van der Waals surface area contributed by atoms with Crippen molar-refractivity contribution in [3.05, 3.63) is 46.2 Å². The fourth-order valence-corrected chi connectivity index (χ4v) is 4.70. The van der Waals surface area contributed by atoms with Crippen LogP contribution in [-0.4, -0.2) is 63.3 Å². The number of piperazine rings is 1. The van der Waals surface area contributed by atoms with Gasteiger partial charge < -0.3 is 15.1 Å². The van der Waals surface area contributed by atoms with E-state index < -0.39 is 6.04 Å². The van der Waals surface area contributed by atoms with E-state index in [9.17, 15) is 4.79 Å². The average molecular weight is 458 g/mol. The number of likely N-dealkylation sites (N-methyl/N-ethyl adjacent to an activating group) is 1. The maximum atomic E-state index is 12.8. The minimum absolute atomic E-state index is 0.116. The van der Waals surface area contributed by atoms with Crippen LogP contribution in [0.2, 0.25) is 0 Å². The molecule has 0 aromatic carbocycles. The second-order valence-electron chi connectivity index (χ2n) is 7.54. The molecule has 1 amide bonds. The summed E-state index contributed by atoms with van der Waals surface area (Å²) < 4.78 is 2.19. The monoisotopic (exact) mass is 457 g/mol. The number of nitrogens with zero attached hydrogens (tertiary/aromatic N) is 5. The number of amides is 1. The van der Waals surface area contributed by atoms with E-state index in [0.29, 0.717) is 17.1 Å². The highest BCUT2D eigenvalue weighted by Crippen LogP contribution is 2.25. The number of hydrogen-bond donors (Lipinski definition) is 2. The molecule has 4 heterocycles. The van der Waals surface area contributed by atoms with Gasteiger partial charge in [0.2, 0.25) is 5.91 Å². The summed E-state index contributed by atoms with van der Waals surface area (Å²) in [5.41, 5.74) is 0.964. The first kappa shape index (κ1) is 21.7. The maximum absolute atomic E-state index is 12.8. The van der Waals surface area contributed by atoms with E-state index in [-0.39, 0.29) is 5.91 Å². The highest BCUT2D eigenvalue weighted by molar-refractivity contribution is 7.71. The molecule has 31 heavy (non-hydrogen) atoms. The lowest BCUT2D eigenvalue weighted by Crippen LogP contribution is -2.46. The van der Waals surface area contributed by atoms with Crippen molar-refractivity contribution in [2.24, 2.45) is 0 Å². The zero-order valence-electron chi connectivity index (χ0n) is 17.7. The van der Waals surface area contributed by atoms with E-state index in [0.717, 1.165) is 49.0 Å². The summed E-state index contributed by atoms with van der Waals surface area (Å²) in [6, 6.07) is 7.50. The predicted molar refractivity (Wildman–Crippen MR) is 126 cm³/mol. The van der Waals surface area contributed by atoms with Crippen LogP contribution in [0.3, 0.4) is 0 Å². The van der Waals surface area contributed by atoms with Crippen LogP contribution in [0.15, 0.2) is 35.8 Å². The summed E-state index contributed by atoms with van der Waals surface area (Å²) in [5, 5.41) is 12.1. The highest BCUT2D eigenvalue weighted by atomic mass is 32.1. The summed E-state index contributed by atoms with van der Waals surface area (Å²) in [7, 11) is 0. The zero-order valence-corrected chi connectivity index (χ0v) is 19.4. The quantitative estimate of drug-likeness (QED) is 0.531. The number of aromatic nitrogens is 4. The standard InChI is InChI=1S/C21H27N7OS2/c1-3-26-8-10-27(11-9-26)18-7-6-16(13-22-18)14-23-20(29)15(2)28-19(24-25-21(28)30)17-5-4-12-31-17/h4-7,12-13,15H,3,8-11,14H2,1-2H3,(H,23,29)(H,25,30). The first-order valence-electron chi connectivity index (χ1n) is 10.5. The Hall–Kier alpha value is -2.56. The van der Waals surface area contributed by atoms with Crippen LogP contribution < -0.4 is 10.2 Å². The van der Waals surface area contributed by atoms with Crippen molar-refractivity contribution in [2.75, 3.05) is 37.6 Å². The van der Waals surface area contributed by atoms with Crippen molar-refractivity contribution in [3.8, 4) is 10.7 Å². The molecule has 2 N–H and O–H groups in total. The van der Waals surface area contributed by atoms with Crippen LogP contribution >= 0.6 is 23.6 Å². The van der Waals surface area contributed by atoms with Gasteiger partial charge in [0.15, 0.2) is 10.6 Å². The predicted octanol–water partition coefficient (Wildman–Crippen LogP) is 3.08. The summed E-state index contributed by atoms with van der Waals surface area (Å²) in [4.78, 5) is 23.1. The van der Waals surface area contributed by atoms with Crippen molar-refractivity contribution < 1.29 is 4.79 Å². The lowest BCUT2D eigenvalue weighted by Gasteiger charge is -2.34. The summed E-state index contributed by atoms with van der Waals surface area (Å²) >= 11 is 6.92. The first-order chi connectivity index (χ1) is 15.1. The van der Waals surface area contributed by atoms with Gasteiger partial charge in [-0.15, -0.1) is 11.3 Å². The number of aromatic amines is 1. The number of carbonyl (C=O) groups excluding carboxylic acids is 1. The minimum atomic E-state index is -0.481. The summed E-state index contributed by atoms with van der Waals surface area (Å²) in [6.45, 7) is 9.65. The Kier molecular flexibility index (Phi) is 6.79. The van der Waals surface area contributed by atoms with Crippen LogP contribution in [0.5, 0.6) is 0 Å². The smallest absolute Gasteiger partial charge is 0.243 e. The molecular weight excluding hydrogens is 430 g/mol. The number of hydrogen-bond acceptors (Lipinski definition) is 7. The van der Waals surface area contributed by atoms with E-state index in [1.54, 1.807) is 15.9 Å². The fourth-order valence-electron chi connectivity index (χ4n) is 3.70. The molecule has 0 radical (unpaired) electrons. The van der Waals surface area contributed by atoms with Gasteiger partial charge in [-0.05, 0) is 48.8 Å². The molecule has 1 fully saturated rings. The Bertz CT molecular complexity index is 1050. The van der Waals surface area contributed by atoms with Gasteiger partial charge in [0.1, 0.15) is 11.9 Å². The number of carbonyl (C=O) groups is 1. The van der Waals surface area contributed by atoms with E-state index >= 15 is 0 Å². The van der Waals surface area contributed by atoms with Gasteiger partial charge in [-0.25, -0.2) is 4.98 Å². The number of rotatable bonds is 7. The van der Waals surface area contributed by atoms with E-state index in [1.807, 2.05) is 42.8 Å². The summed E-state index contributed by atoms with van der Waals surface area (Å²) in [6.07, 6.45) is 1.84. The zero-order chi connectivity index (χ0) is 21.8. The Morgan fingerprint density at radius 1 is 1.29 bits per heavy atom. The van der Waals surface area contributed by atoms with Crippen LogP contribution in [0, 0.1) is 4.77 Å². The van der Waals surface area contributed by atoms with Crippen LogP contribution in [0.25, 0.3) is 10.7 Å². The van der Waals surface area contributed by atoms with Crippen molar-refractivity contribution >= 4 is 35.3 Å². The number of H-pyrrole nitrogens is 1. The van der Waals surface area contributed by atoms with Crippen LogP contribution in [0.4, 0.5) is 5.82 Å². The first-order valence-corrected chi connectivity index (χ1v) is 11.8. The molecule has 8 nitrogen and oxygen atoms in total. The Morgan fingerprint density at radius 2 is 2.10 bits per heavy atom. The number of thiophene rings is 1. The van der Waals surface area contributed by atoms with Crippen molar-refractivity contribution in [2.45, 2.75) is 26.4 Å². The molecule has 10 heteroatoms. The molecule has 0 bridgehead atoms. The molecule has 1 unspecified atom stereocenters. The van der Waals surface area contributed by atoms with Crippen LogP contribution in [0.1, 0.15) is 25.5 Å². The Balaban J connectivity index is 1.36. The molecule has 3 aromatic heterocycles. The number of anilines is 1. The van der Waals surface area contributed by atoms with Crippen molar-refractivity contribution in [1.29, 1.82) is 0 Å². The molecule has 0 spiro atoms. The van der Waals surface area contributed by atoms with Gasteiger partial charge in [-0.3, -0.25) is 14.5 Å². The average Bonchev–Trinajstić information content (AvgIpc) is 3.47. The minimum Gasteiger partial charge on any atom is -0.354 e. The van der Waals surface area contributed by atoms with E-state index in [1.165, 1.54) is 0 Å².